The van der Waals surface area contributed by atoms with E-state index in [4.69, 9.17) is 14.6 Å². The topological polar surface area (TPSA) is 93.1 Å². The van der Waals surface area contributed by atoms with Gasteiger partial charge >= 0.3 is 18.0 Å². The molecule has 19 heavy (non-hydrogen) atoms. The largest absolute Gasteiger partial charge is 0.480 e. The van der Waals surface area contributed by atoms with Gasteiger partial charge in [0.25, 0.3) is 6.29 Å². The molecular weight excluding hydrogens is 254 g/mol. The van der Waals surface area contributed by atoms with E-state index in [0.717, 1.165) is 4.90 Å². The number of carboxylic acids is 1. The average molecular weight is 275 g/mol. The molecule has 0 saturated carbocycles. The Morgan fingerprint density at radius 2 is 1.63 bits per heavy atom. The summed E-state index contributed by atoms with van der Waals surface area (Å²) in [5, 5.41) is 8.56. The van der Waals surface area contributed by atoms with Gasteiger partial charge in [-0.15, -0.1) is 0 Å². The van der Waals surface area contributed by atoms with Crippen LogP contribution in [0, 0.1) is 11.8 Å². The van der Waals surface area contributed by atoms with Crippen molar-refractivity contribution in [1.82, 2.24) is 4.90 Å². The molecule has 0 aromatic heterocycles. The number of amides is 1. The van der Waals surface area contributed by atoms with Crippen LogP contribution in [0.3, 0.4) is 0 Å². The van der Waals surface area contributed by atoms with Gasteiger partial charge in [0.15, 0.2) is 0 Å². The molecule has 7 nitrogen and oxygen atoms in total. The molecule has 0 aromatic carbocycles. The second-order valence-corrected chi connectivity index (χ2v) is 4.84. The fourth-order valence-corrected chi connectivity index (χ4v) is 1.00. The molecule has 7 heteroatoms. The summed E-state index contributed by atoms with van der Waals surface area (Å²) in [5.41, 5.74) is 0. The van der Waals surface area contributed by atoms with Crippen molar-refractivity contribution in [2.24, 2.45) is 11.8 Å². The number of nitrogens with zero attached hydrogens (tertiary/aromatic N) is 1. The number of aliphatic carboxylic acids is 1. The predicted octanol–water partition coefficient (Wildman–Crippen LogP) is 1.32. The van der Waals surface area contributed by atoms with Gasteiger partial charge < -0.3 is 19.5 Å². The SMILES string of the molecule is CC(C)C(=O)OC(OC(=O)N(C)CC(=O)O)C(C)C. The highest BCUT2D eigenvalue weighted by Gasteiger charge is 2.26. The lowest BCUT2D eigenvalue weighted by molar-refractivity contribution is -0.180. The van der Waals surface area contributed by atoms with Crippen LogP contribution >= 0.6 is 0 Å². The van der Waals surface area contributed by atoms with E-state index >= 15 is 0 Å². The summed E-state index contributed by atoms with van der Waals surface area (Å²) in [6, 6.07) is 0. The molecule has 0 bridgehead atoms. The molecule has 1 atom stereocenters. The molecule has 110 valence electrons. The summed E-state index contributed by atoms with van der Waals surface area (Å²) in [7, 11) is 1.29. The van der Waals surface area contributed by atoms with Crippen LogP contribution in [-0.2, 0) is 19.1 Å². The third-order valence-corrected chi connectivity index (χ3v) is 2.15. The van der Waals surface area contributed by atoms with Gasteiger partial charge in [0, 0.05) is 13.0 Å². The first-order valence-corrected chi connectivity index (χ1v) is 5.99. The van der Waals surface area contributed by atoms with Crippen molar-refractivity contribution >= 4 is 18.0 Å². The van der Waals surface area contributed by atoms with Gasteiger partial charge in [0.05, 0.1) is 5.92 Å². The van der Waals surface area contributed by atoms with Gasteiger partial charge in [-0.1, -0.05) is 27.7 Å². The van der Waals surface area contributed by atoms with E-state index in [1.165, 1.54) is 7.05 Å². The van der Waals surface area contributed by atoms with E-state index in [9.17, 15) is 14.4 Å². The third kappa shape index (κ3) is 6.64. The van der Waals surface area contributed by atoms with Gasteiger partial charge in [0.1, 0.15) is 6.54 Å². The van der Waals surface area contributed by atoms with E-state index in [1.54, 1.807) is 27.7 Å². The summed E-state index contributed by atoms with van der Waals surface area (Å²) in [6.45, 7) is 6.30. The molecule has 0 saturated heterocycles. The first-order chi connectivity index (χ1) is 8.65. The molecule has 0 aliphatic heterocycles. The third-order valence-electron chi connectivity index (χ3n) is 2.15. The number of carbonyl (C=O) groups excluding carboxylic acids is 2. The molecule has 0 spiro atoms. The zero-order chi connectivity index (χ0) is 15.2. The Labute approximate surface area is 112 Å². The molecule has 0 fully saturated rings. The van der Waals surface area contributed by atoms with Crippen molar-refractivity contribution < 1.29 is 29.0 Å². The van der Waals surface area contributed by atoms with Crippen molar-refractivity contribution in [1.29, 1.82) is 0 Å². The molecule has 0 aliphatic rings. The molecule has 0 heterocycles. The Bertz CT molecular complexity index is 339. The van der Waals surface area contributed by atoms with Gasteiger partial charge in [-0.2, -0.15) is 0 Å². The molecule has 0 rings (SSSR count). The van der Waals surface area contributed by atoms with E-state index in [0.29, 0.717) is 0 Å². The number of ether oxygens (including phenoxy) is 2. The van der Waals surface area contributed by atoms with Crippen LogP contribution in [0.1, 0.15) is 27.7 Å². The predicted molar refractivity (Wildman–Crippen MR) is 66.3 cm³/mol. The molecule has 1 unspecified atom stereocenters. The van der Waals surface area contributed by atoms with Gasteiger partial charge in [-0.05, 0) is 0 Å². The quantitative estimate of drug-likeness (QED) is 0.580. The molecule has 0 aromatic rings. The minimum Gasteiger partial charge on any atom is -0.480 e. The number of rotatable bonds is 6. The fraction of sp³-hybridized carbons (Fsp3) is 0.750. The van der Waals surface area contributed by atoms with Crippen LogP contribution in [0.15, 0.2) is 0 Å². The average Bonchev–Trinajstić information content (AvgIpc) is 2.26. The van der Waals surface area contributed by atoms with Gasteiger partial charge in [-0.25, -0.2) is 4.79 Å². The zero-order valence-corrected chi connectivity index (χ0v) is 11.9. The maximum absolute atomic E-state index is 11.6. The molecule has 0 radical (unpaired) electrons. The van der Waals surface area contributed by atoms with Gasteiger partial charge in [0.2, 0.25) is 0 Å². The maximum Gasteiger partial charge on any atom is 0.413 e. The molecule has 0 aliphatic carbocycles. The molecule has 1 amide bonds. The second kappa shape index (κ2) is 7.60. The van der Waals surface area contributed by atoms with E-state index < -0.39 is 30.9 Å². The lowest BCUT2D eigenvalue weighted by Crippen LogP contribution is -2.38. The van der Waals surface area contributed by atoms with Crippen LogP contribution in [0.2, 0.25) is 0 Å². The number of hydrogen-bond acceptors (Lipinski definition) is 5. The molecule has 1 N–H and O–H groups in total. The van der Waals surface area contributed by atoms with Crippen molar-refractivity contribution in [3.63, 3.8) is 0 Å². The van der Waals surface area contributed by atoms with E-state index in [1.807, 2.05) is 0 Å². The van der Waals surface area contributed by atoms with E-state index in [2.05, 4.69) is 0 Å². The Hall–Kier alpha value is -1.79. The number of carbonyl (C=O) groups is 3. The highest BCUT2D eigenvalue weighted by molar-refractivity contribution is 5.76. The zero-order valence-electron chi connectivity index (χ0n) is 11.9. The van der Waals surface area contributed by atoms with Crippen LogP contribution < -0.4 is 0 Å². The first-order valence-electron chi connectivity index (χ1n) is 5.99. The van der Waals surface area contributed by atoms with Crippen molar-refractivity contribution in [3.05, 3.63) is 0 Å². The second-order valence-electron chi connectivity index (χ2n) is 4.84. The van der Waals surface area contributed by atoms with Crippen LogP contribution in [0.25, 0.3) is 0 Å². The van der Waals surface area contributed by atoms with Crippen molar-refractivity contribution in [3.8, 4) is 0 Å². The monoisotopic (exact) mass is 275 g/mol. The Morgan fingerprint density at radius 1 is 1.11 bits per heavy atom. The maximum atomic E-state index is 11.6. The number of esters is 1. The van der Waals surface area contributed by atoms with Crippen molar-refractivity contribution in [2.45, 2.75) is 34.0 Å². The van der Waals surface area contributed by atoms with Crippen molar-refractivity contribution in [2.75, 3.05) is 13.6 Å². The minimum atomic E-state index is -1.15. The summed E-state index contributed by atoms with van der Waals surface area (Å²) < 4.78 is 10.0. The van der Waals surface area contributed by atoms with E-state index in [-0.39, 0.29) is 11.8 Å². The Morgan fingerprint density at radius 3 is 2.00 bits per heavy atom. The number of carboxylic acid groups (broad SMARTS) is 1. The summed E-state index contributed by atoms with van der Waals surface area (Å²) in [5.74, 6) is -2.20. The normalized spacial score (nSPS) is 12.2. The number of likely N-dealkylation sites (N-methyl/N-ethyl adjacent to an activating group) is 1. The number of hydrogen-bond donors (Lipinski definition) is 1. The van der Waals surface area contributed by atoms with Crippen LogP contribution in [0.5, 0.6) is 0 Å². The van der Waals surface area contributed by atoms with Gasteiger partial charge in [-0.3, -0.25) is 9.59 Å². The standard InChI is InChI=1S/C12H21NO6/c1-7(2)10(16)18-11(8(3)4)19-12(17)13(5)6-9(14)15/h7-8,11H,6H2,1-5H3,(H,14,15). The van der Waals surface area contributed by atoms with Crippen LogP contribution in [-0.4, -0.2) is 47.9 Å². The molecular formula is C12H21NO6. The minimum absolute atomic E-state index is 0.232. The highest BCUT2D eigenvalue weighted by Crippen LogP contribution is 2.12. The summed E-state index contributed by atoms with van der Waals surface area (Å²) in [4.78, 5) is 34.4. The Balaban J connectivity index is 4.54. The Kier molecular flexibility index (Phi) is 6.89. The lowest BCUT2D eigenvalue weighted by atomic mass is 10.2. The van der Waals surface area contributed by atoms with Crippen LogP contribution in [0.4, 0.5) is 4.79 Å². The summed E-state index contributed by atoms with van der Waals surface area (Å²) >= 11 is 0. The fourth-order valence-electron chi connectivity index (χ4n) is 1.00. The highest BCUT2D eigenvalue weighted by atomic mass is 16.7. The lowest BCUT2D eigenvalue weighted by Gasteiger charge is -2.24. The smallest absolute Gasteiger partial charge is 0.413 e. The summed E-state index contributed by atoms with van der Waals surface area (Å²) in [6.07, 6.45) is -1.88. The first kappa shape index (κ1) is 17.2.